The Kier molecular flexibility index (Phi) is 5.55. The third-order valence-corrected chi connectivity index (χ3v) is 6.59. The Hall–Kier alpha value is -3.36. The second kappa shape index (κ2) is 8.53. The van der Waals surface area contributed by atoms with Crippen LogP contribution < -0.4 is 19.4 Å². The van der Waals surface area contributed by atoms with Crippen molar-refractivity contribution in [1.82, 2.24) is 0 Å². The fraction of sp³-hybridized carbons (Fsp3) is 0.200. The van der Waals surface area contributed by atoms with Crippen LogP contribution >= 0.6 is 15.9 Å². The smallest absolute Gasteiger partial charge is 0.266 e. The second-order valence-corrected chi connectivity index (χ2v) is 8.59. The minimum absolute atomic E-state index is 0.329. The van der Waals surface area contributed by atoms with Gasteiger partial charge in [0.25, 0.3) is 5.91 Å². The molecule has 8 heteroatoms. The Morgan fingerprint density at radius 3 is 2.24 bits per heavy atom. The van der Waals surface area contributed by atoms with Crippen molar-refractivity contribution < 1.29 is 23.9 Å². The van der Waals surface area contributed by atoms with Gasteiger partial charge in [0, 0.05) is 0 Å². The van der Waals surface area contributed by atoms with E-state index in [9.17, 15) is 9.59 Å². The first-order valence-electron chi connectivity index (χ1n) is 10.4. The van der Waals surface area contributed by atoms with E-state index in [0.717, 1.165) is 15.7 Å². The first kappa shape index (κ1) is 21.5. The van der Waals surface area contributed by atoms with Crippen LogP contribution in [0.2, 0.25) is 0 Å². The number of ether oxygens (including phenoxy) is 2. The van der Waals surface area contributed by atoms with E-state index in [1.165, 1.54) is 12.0 Å². The summed E-state index contributed by atoms with van der Waals surface area (Å²) in [6.45, 7) is 0. The first-order chi connectivity index (χ1) is 16.0. The molecule has 0 unspecified atom stereocenters. The van der Waals surface area contributed by atoms with Crippen LogP contribution in [0.5, 0.6) is 11.5 Å². The van der Waals surface area contributed by atoms with E-state index in [2.05, 4.69) is 15.9 Å². The summed E-state index contributed by atoms with van der Waals surface area (Å²) in [5.74, 6) is -0.355. The highest BCUT2D eigenvalue weighted by Crippen LogP contribution is 2.49. The maximum atomic E-state index is 13.7. The van der Waals surface area contributed by atoms with E-state index < -0.39 is 24.0 Å². The lowest BCUT2D eigenvalue weighted by atomic mass is 9.90. The van der Waals surface area contributed by atoms with Gasteiger partial charge in [-0.1, -0.05) is 36.4 Å². The normalized spacial score (nSPS) is 22.0. The summed E-state index contributed by atoms with van der Waals surface area (Å²) >= 11 is 3.53. The summed E-state index contributed by atoms with van der Waals surface area (Å²) in [6, 6.07) is 21.5. The van der Waals surface area contributed by atoms with Crippen LogP contribution in [0.4, 0.5) is 11.4 Å². The van der Waals surface area contributed by atoms with Gasteiger partial charge < -0.3 is 9.47 Å². The van der Waals surface area contributed by atoms with E-state index in [1.807, 2.05) is 48.5 Å². The Balaban J connectivity index is 1.61. The molecule has 2 aliphatic rings. The first-order valence-corrected chi connectivity index (χ1v) is 11.2. The SMILES string of the molecule is COc1ccc([C@H]2[C@H]3C(=O)N(c4ccccc4OC)C(=O)[C@H]3ON2c2ccccc2)cc1Br. The van der Waals surface area contributed by atoms with Crippen molar-refractivity contribution in [3.63, 3.8) is 0 Å². The molecule has 2 amide bonds. The highest BCUT2D eigenvalue weighted by Gasteiger charge is 2.60. The zero-order valence-electron chi connectivity index (χ0n) is 18.0. The lowest BCUT2D eigenvalue weighted by Crippen LogP contribution is -2.37. The molecule has 7 nitrogen and oxygen atoms in total. The van der Waals surface area contributed by atoms with Crippen LogP contribution in [0.25, 0.3) is 0 Å². The Morgan fingerprint density at radius 2 is 1.55 bits per heavy atom. The van der Waals surface area contributed by atoms with Gasteiger partial charge in [0.2, 0.25) is 5.91 Å². The molecule has 0 bridgehead atoms. The van der Waals surface area contributed by atoms with Gasteiger partial charge in [0.05, 0.1) is 36.1 Å². The third-order valence-electron chi connectivity index (χ3n) is 5.97. The number of para-hydroxylation sites is 3. The van der Waals surface area contributed by atoms with Crippen molar-refractivity contribution in [2.75, 3.05) is 24.2 Å². The average Bonchev–Trinajstić information content (AvgIpc) is 3.35. The molecule has 33 heavy (non-hydrogen) atoms. The van der Waals surface area contributed by atoms with Gasteiger partial charge in [0.1, 0.15) is 17.4 Å². The third kappa shape index (κ3) is 3.46. The molecule has 2 fully saturated rings. The highest BCUT2D eigenvalue weighted by atomic mass is 79.9. The molecule has 2 heterocycles. The molecule has 2 aliphatic heterocycles. The van der Waals surface area contributed by atoms with Crippen molar-refractivity contribution in [2.45, 2.75) is 12.1 Å². The fourth-order valence-corrected chi connectivity index (χ4v) is 5.03. The summed E-state index contributed by atoms with van der Waals surface area (Å²) in [5, 5.41) is 1.67. The van der Waals surface area contributed by atoms with Gasteiger partial charge in [-0.2, -0.15) is 0 Å². The number of rotatable bonds is 5. The van der Waals surface area contributed by atoms with Crippen molar-refractivity contribution >= 4 is 39.1 Å². The number of carbonyl (C=O) groups excluding carboxylic acids is 2. The summed E-state index contributed by atoms with van der Waals surface area (Å²) in [6.07, 6.45) is -0.950. The van der Waals surface area contributed by atoms with Gasteiger partial charge >= 0.3 is 0 Å². The molecule has 3 aromatic rings. The lowest BCUT2D eigenvalue weighted by Gasteiger charge is -2.29. The largest absolute Gasteiger partial charge is 0.496 e. The van der Waals surface area contributed by atoms with Crippen LogP contribution in [0.1, 0.15) is 11.6 Å². The summed E-state index contributed by atoms with van der Waals surface area (Å²) in [7, 11) is 3.10. The van der Waals surface area contributed by atoms with Crippen LogP contribution in [0.15, 0.2) is 77.3 Å². The number of amides is 2. The van der Waals surface area contributed by atoms with Gasteiger partial charge in [-0.15, -0.1) is 0 Å². The number of benzene rings is 3. The number of hydrogen-bond donors (Lipinski definition) is 0. The molecule has 5 rings (SSSR count). The van der Waals surface area contributed by atoms with Crippen molar-refractivity contribution in [2.24, 2.45) is 5.92 Å². The number of hydrogen-bond acceptors (Lipinski definition) is 6. The van der Waals surface area contributed by atoms with Crippen molar-refractivity contribution in [1.29, 1.82) is 0 Å². The Labute approximate surface area is 199 Å². The molecule has 2 saturated heterocycles. The molecule has 0 aliphatic carbocycles. The number of fused-ring (bicyclic) bond motifs is 1. The molecule has 0 radical (unpaired) electrons. The average molecular weight is 509 g/mol. The zero-order chi connectivity index (χ0) is 23.1. The summed E-state index contributed by atoms with van der Waals surface area (Å²) in [5.41, 5.74) is 1.99. The van der Waals surface area contributed by atoms with Crippen LogP contribution in [0, 0.1) is 5.92 Å². The van der Waals surface area contributed by atoms with Gasteiger partial charge in [-0.05, 0) is 57.9 Å². The van der Waals surface area contributed by atoms with E-state index >= 15 is 0 Å². The predicted molar refractivity (Wildman–Crippen MR) is 126 cm³/mol. The molecule has 3 aromatic carbocycles. The number of halogens is 1. The molecule has 168 valence electrons. The number of methoxy groups -OCH3 is 2. The molecular formula is C25H21BrN2O5. The van der Waals surface area contributed by atoms with Gasteiger partial charge in [-0.3, -0.25) is 14.4 Å². The highest BCUT2D eigenvalue weighted by molar-refractivity contribution is 9.10. The minimum atomic E-state index is -0.950. The number of carbonyl (C=O) groups is 2. The monoisotopic (exact) mass is 508 g/mol. The lowest BCUT2D eigenvalue weighted by molar-refractivity contribution is -0.126. The quantitative estimate of drug-likeness (QED) is 0.472. The fourth-order valence-electron chi connectivity index (χ4n) is 4.47. The van der Waals surface area contributed by atoms with Gasteiger partial charge in [0.15, 0.2) is 6.10 Å². The molecule has 3 atom stereocenters. The van der Waals surface area contributed by atoms with E-state index in [1.54, 1.807) is 36.4 Å². The van der Waals surface area contributed by atoms with Crippen LogP contribution in [-0.2, 0) is 14.4 Å². The molecule has 0 spiro atoms. The van der Waals surface area contributed by atoms with Crippen LogP contribution in [-0.4, -0.2) is 32.1 Å². The van der Waals surface area contributed by atoms with Crippen LogP contribution in [0.3, 0.4) is 0 Å². The van der Waals surface area contributed by atoms with Crippen molar-refractivity contribution in [3.8, 4) is 11.5 Å². The minimum Gasteiger partial charge on any atom is -0.496 e. The number of imide groups is 1. The topological polar surface area (TPSA) is 68.3 Å². The van der Waals surface area contributed by atoms with E-state index in [0.29, 0.717) is 17.2 Å². The maximum Gasteiger partial charge on any atom is 0.266 e. The van der Waals surface area contributed by atoms with Gasteiger partial charge in [-0.25, -0.2) is 9.96 Å². The molecule has 0 saturated carbocycles. The summed E-state index contributed by atoms with van der Waals surface area (Å²) in [4.78, 5) is 34.6. The van der Waals surface area contributed by atoms with E-state index in [4.69, 9.17) is 14.3 Å². The standard InChI is InChI=1S/C25H21BrN2O5/c1-31-19-13-12-15(14-17(19)26)22-21-23(33-28(22)16-8-4-3-5-9-16)25(30)27(24(21)29)18-10-6-7-11-20(18)32-2/h3-14,21-23H,1-2H3/t21-,22+,23+/m1/s1. The number of hydroxylamine groups is 1. The molecule has 0 aromatic heterocycles. The predicted octanol–water partition coefficient (Wildman–Crippen LogP) is 4.52. The Morgan fingerprint density at radius 1 is 0.848 bits per heavy atom. The van der Waals surface area contributed by atoms with E-state index in [-0.39, 0.29) is 5.91 Å². The number of anilines is 2. The number of nitrogens with zero attached hydrogens (tertiary/aromatic N) is 2. The second-order valence-electron chi connectivity index (χ2n) is 7.74. The van der Waals surface area contributed by atoms with Crippen molar-refractivity contribution in [3.05, 3.63) is 82.8 Å². The Bertz CT molecular complexity index is 1220. The zero-order valence-corrected chi connectivity index (χ0v) is 19.6. The summed E-state index contributed by atoms with van der Waals surface area (Å²) < 4.78 is 11.5. The molecular weight excluding hydrogens is 488 g/mol. The molecule has 0 N–H and O–H groups in total. The maximum absolute atomic E-state index is 13.7.